The highest BCUT2D eigenvalue weighted by Crippen LogP contribution is 2.17. The van der Waals surface area contributed by atoms with Crippen molar-refractivity contribution in [2.75, 3.05) is 0 Å². The number of nitro groups is 1. The Labute approximate surface area is 83.5 Å². The molecule has 70 valence electrons. The zero-order valence-electron chi connectivity index (χ0n) is 6.99. The molecule has 0 N–H and O–H groups in total. The van der Waals surface area contributed by atoms with E-state index in [2.05, 4.69) is 15.9 Å². The fourth-order valence-electron chi connectivity index (χ4n) is 0.854. The average Bonchev–Trinajstić information content (AvgIpc) is 2.46. The lowest BCUT2D eigenvalue weighted by molar-refractivity contribution is -0.425. The Balaban J connectivity index is 2.91. The summed E-state index contributed by atoms with van der Waals surface area (Å²) >= 11 is 3.12. The van der Waals surface area contributed by atoms with Crippen LogP contribution < -0.4 is 0 Å². The summed E-state index contributed by atoms with van der Waals surface area (Å²) < 4.78 is 5.67. The highest BCUT2D eigenvalue weighted by molar-refractivity contribution is 9.10. The van der Waals surface area contributed by atoms with Crippen LogP contribution in [0.25, 0.3) is 6.08 Å². The number of hydrogen-bond acceptors (Lipinski definition) is 3. The Kier molecular flexibility index (Phi) is 3.25. The zero-order valence-corrected chi connectivity index (χ0v) is 8.58. The molecule has 1 aromatic rings. The van der Waals surface area contributed by atoms with E-state index < -0.39 is 4.92 Å². The molecule has 0 unspecified atom stereocenters. The maximum Gasteiger partial charge on any atom is 0.249 e. The van der Waals surface area contributed by atoms with E-state index in [-0.39, 0.29) is 5.70 Å². The summed E-state index contributed by atoms with van der Waals surface area (Å²) in [5.74, 6) is 0.487. The number of rotatable bonds is 3. The first-order chi connectivity index (χ1) is 6.13. The van der Waals surface area contributed by atoms with Crippen LogP contribution in [-0.4, -0.2) is 4.92 Å². The van der Waals surface area contributed by atoms with Gasteiger partial charge in [0.2, 0.25) is 5.70 Å². The molecule has 1 heterocycles. The maximum absolute atomic E-state index is 10.4. The van der Waals surface area contributed by atoms with E-state index in [4.69, 9.17) is 4.42 Å². The summed E-state index contributed by atoms with van der Waals surface area (Å²) in [6.45, 7) is 1.73. The summed E-state index contributed by atoms with van der Waals surface area (Å²) in [5, 5.41) is 10.4. The standard InChI is InChI=1S/C8H8BrNO3/c1-2-6(10(11)12)5-7-3-4-8(9)13-7/h3-5H,2H2,1H3. The summed E-state index contributed by atoms with van der Waals surface area (Å²) in [7, 11) is 0. The highest BCUT2D eigenvalue weighted by Gasteiger charge is 2.08. The predicted octanol–water partition coefficient (Wildman–Crippen LogP) is 3.07. The van der Waals surface area contributed by atoms with Crippen molar-refractivity contribution in [3.05, 3.63) is 38.4 Å². The molecule has 0 aliphatic heterocycles. The zero-order chi connectivity index (χ0) is 9.84. The van der Waals surface area contributed by atoms with Crippen molar-refractivity contribution in [3.63, 3.8) is 0 Å². The van der Waals surface area contributed by atoms with E-state index in [9.17, 15) is 10.1 Å². The van der Waals surface area contributed by atoms with Crippen molar-refractivity contribution < 1.29 is 9.34 Å². The lowest BCUT2D eigenvalue weighted by Crippen LogP contribution is -1.95. The van der Waals surface area contributed by atoms with Gasteiger partial charge in [-0.05, 0) is 28.1 Å². The fraction of sp³-hybridized carbons (Fsp3) is 0.250. The molecular weight excluding hydrogens is 238 g/mol. The van der Waals surface area contributed by atoms with E-state index in [1.807, 2.05) is 0 Å². The molecule has 0 radical (unpaired) electrons. The highest BCUT2D eigenvalue weighted by atomic mass is 79.9. The van der Waals surface area contributed by atoms with Gasteiger partial charge in [-0.25, -0.2) is 0 Å². The quantitative estimate of drug-likeness (QED) is 0.608. The van der Waals surface area contributed by atoms with Crippen molar-refractivity contribution in [2.24, 2.45) is 0 Å². The van der Waals surface area contributed by atoms with Crippen LogP contribution in [0.4, 0.5) is 0 Å². The van der Waals surface area contributed by atoms with Crippen LogP contribution in [0.15, 0.2) is 26.9 Å². The molecule has 0 bridgehead atoms. The average molecular weight is 246 g/mol. The van der Waals surface area contributed by atoms with Crippen molar-refractivity contribution in [2.45, 2.75) is 13.3 Å². The largest absolute Gasteiger partial charge is 0.450 e. The van der Waals surface area contributed by atoms with E-state index >= 15 is 0 Å². The second kappa shape index (κ2) is 4.23. The first-order valence-corrected chi connectivity index (χ1v) is 4.53. The van der Waals surface area contributed by atoms with Gasteiger partial charge < -0.3 is 4.42 Å². The van der Waals surface area contributed by atoms with Gasteiger partial charge in [-0.1, -0.05) is 6.92 Å². The molecule has 1 aromatic heterocycles. The molecule has 0 saturated carbocycles. The van der Waals surface area contributed by atoms with Gasteiger partial charge in [0.15, 0.2) is 4.67 Å². The molecular formula is C8H8BrNO3. The molecule has 0 fully saturated rings. The third-order valence-electron chi connectivity index (χ3n) is 1.50. The van der Waals surface area contributed by atoms with Crippen LogP contribution >= 0.6 is 15.9 Å². The molecule has 0 aliphatic carbocycles. The van der Waals surface area contributed by atoms with Crippen LogP contribution in [0, 0.1) is 10.1 Å². The molecule has 0 amide bonds. The Bertz CT molecular complexity index is 343. The van der Waals surface area contributed by atoms with Gasteiger partial charge in [0.25, 0.3) is 0 Å². The Morgan fingerprint density at radius 1 is 1.77 bits per heavy atom. The maximum atomic E-state index is 10.4. The smallest absolute Gasteiger partial charge is 0.249 e. The van der Waals surface area contributed by atoms with Crippen molar-refractivity contribution in [1.29, 1.82) is 0 Å². The molecule has 0 aromatic carbocycles. The number of furan rings is 1. The summed E-state index contributed by atoms with van der Waals surface area (Å²) in [6.07, 6.45) is 1.80. The Morgan fingerprint density at radius 3 is 2.85 bits per heavy atom. The monoisotopic (exact) mass is 245 g/mol. The minimum Gasteiger partial charge on any atom is -0.450 e. The van der Waals surface area contributed by atoms with Crippen molar-refractivity contribution in [3.8, 4) is 0 Å². The number of hydrogen-bond donors (Lipinski definition) is 0. The predicted molar refractivity (Wildman–Crippen MR) is 51.7 cm³/mol. The first kappa shape index (κ1) is 9.98. The van der Waals surface area contributed by atoms with Crippen LogP contribution in [0.3, 0.4) is 0 Å². The van der Waals surface area contributed by atoms with Gasteiger partial charge in [-0.3, -0.25) is 10.1 Å². The van der Waals surface area contributed by atoms with Gasteiger partial charge in [-0.2, -0.15) is 0 Å². The number of allylic oxidation sites excluding steroid dienone is 1. The second-order valence-electron chi connectivity index (χ2n) is 2.39. The molecule has 0 spiro atoms. The third-order valence-corrected chi connectivity index (χ3v) is 1.93. The summed E-state index contributed by atoms with van der Waals surface area (Å²) in [5.41, 5.74) is 0.141. The normalized spacial score (nSPS) is 11.7. The molecule has 5 heteroatoms. The second-order valence-corrected chi connectivity index (χ2v) is 3.17. The van der Waals surface area contributed by atoms with Gasteiger partial charge in [0.1, 0.15) is 5.76 Å². The lowest BCUT2D eigenvalue weighted by Gasteiger charge is -1.91. The van der Waals surface area contributed by atoms with E-state index in [0.29, 0.717) is 16.9 Å². The molecule has 0 saturated heterocycles. The minimum atomic E-state index is -0.406. The van der Waals surface area contributed by atoms with Crippen LogP contribution in [0.1, 0.15) is 19.1 Å². The van der Waals surface area contributed by atoms with E-state index in [1.54, 1.807) is 19.1 Å². The van der Waals surface area contributed by atoms with E-state index in [1.165, 1.54) is 6.08 Å². The van der Waals surface area contributed by atoms with Crippen molar-refractivity contribution >= 4 is 22.0 Å². The Morgan fingerprint density at radius 2 is 2.46 bits per heavy atom. The minimum absolute atomic E-state index is 0.141. The number of halogens is 1. The van der Waals surface area contributed by atoms with Crippen LogP contribution in [0.2, 0.25) is 0 Å². The number of nitrogens with zero attached hydrogens (tertiary/aromatic N) is 1. The molecule has 13 heavy (non-hydrogen) atoms. The first-order valence-electron chi connectivity index (χ1n) is 3.73. The van der Waals surface area contributed by atoms with Crippen LogP contribution in [-0.2, 0) is 0 Å². The van der Waals surface area contributed by atoms with Crippen molar-refractivity contribution in [1.82, 2.24) is 0 Å². The SMILES string of the molecule is CCC(=Cc1ccc(Br)o1)[N+](=O)[O-]. The van der Waals surface area contributed by atoms with Gasteiger partial charge >= 0.3 is 0 Å². The molecule has 4 nitrogen and oxygen atoms in total. The molecule has 0 atom stereocenters. The lowest BCUT2D eigenvalue weighted by atomic mass is 10.3. The van der Waals surface area contributed by atoms with Gasteiger partial charge in [0, 0.05) is 6.42 Å². The van der Waals surface area contributed by atoms with Crippen LogP contribution in [0.5, 0.6) is 0 Å². The molecule has 0 aliphatic rings. The van der Waals surface area contributed by atoms with E-state index in [0.717, 1.165) is 0 Å². The fourth-order valence-corrected chi connectivity index (χ4v) is 1.17. The van der Waals surface area contributed by atoms with Gasteiger partial charge in [0.05, 0.1) is 11.0 Å². The third kappa shape index (κ3) is 2.69. The van der Waals surface area contributed by atoms with Gasteiger partial charge in [-0.15, -0.1) is 0 Å². The summed E-state index contributed by atoms with van der Waals surface area (Å²) in [6, 6.07) is 3.36. The topological polar surface area (TPSA) is 56.3 Å². The molecule has 1 rings (SSSR count). The summed E-state index contributed by atoms with van der Waals surface area (Å²) in [4.78, 5) is 10.0. The Hall–Kier alpha value is -1.10.